The van der Waals surface area contributed by atoms with Crippen molar-refractivity contribution in [1.82, 2.24) is 15.1 Å². The van der Waals surface area contributed by atoms with Gasteiger partial charge >= 0.3 is 12.2 Å². The standard InChI is InChI=1S/C19H20F3N3OS/c1-12-17(13-3-7-24(12)8-4-13)23-18(26)25-9-5-16-14(11-25)10-15(27-16)2-6-19(20,21)22/h5,10-13,17H,3-4,7-9H2,1H3,(H,23,26)/t12-,17-/m0/s1. The molecule has 4 aliphatic heterocycles. The first kappa shape index (κ1) is 18.4. The summed E-state index contributed by atoms with van der Waals surface area (Å²) in [5.41, 5.74) is 0. The van der Waals surface area contributed by atoms with Crippen molar-refractivity contribution in [2.75, 3.05) is 19.6 Å². The lowest BCUT2D eigenvalue weighted by Gasteiger charge is -2.50. The first-order chi connectivity index (χ1) is 12.8. The van der Waals surface area contributed by atoms with E-state index in [2.05, 4.69) is 23.1 Å². The van der Waals surface area contributed by atoms with Gasteiger partial charge < -0.3 is 5.32 Å². The van der Waals surface area contributed by atoms with E-state index in [0.29, 0.717) is 23.4 Å². The Morgan fingerprint density at radius 1 is 1.33 bits per heavy atom. The zero-order valence-electron chi connectivity index (χ0n) is 14.8. The number of fused-ring (bicyclic) bond motifs is 4. The molecule has 1 aromatic heterocycles. The van der Waals surface area contributed by atoms with Crippen LogP contribution in [-0.2, 0) is 0 Å². The molecule has 2 bridgehead atoms. The third-order valence-electron chi connectivity index (χ3n) is 5.62. The number of urea groups is 1. The Morgan fingerprint density at radius 2 is 2.07 bits per heavy atom. The minimum atomic E-state index is -4.50. The molecule has 2 atom stereocenters. The van der Waals surface area contributed by atoms with Gasteiger partial charge in [0.1, 0.15) is 0 Å². The summed E-state index contributed by atoms with van der Waals surface area (Å²) in [5, 5.41) is 3.90. The van der Waals surface area contributed by atoms with Gasteiger partial charge in [-0.2, -0.15) is 13.2 Å². The van der Waals surface area contributed by atoms with E-state index in [4.69, 9.17) is 0 Å². The number of rotatable bonds is 1. The second kappa shape index (κ2) is 6.88. The number of thiophene rings is 1. The molecule has 1 N–H and O–H groups in total. The maximum atomic E-state index is 12.7. The second-order valence-corrected chi connectivity index (χ2v) is 8.34. The minimum absolute atomic E-state index is 0.144. The average molecular weight is 395 g/mol. The average Bonchev–Trinajstić information content (AvgIpc) is 3.05. The summed E-state index contributed by atoms with van der Waals surface area (Å²) < 4.78 is 37.6. The summed E-state index contributed by atoms with van der Waals surface area (Å²) in [4.78, 5) is 17.1. The molecule has 0 aliphatic carbocycles. The maximum absolute atomic E-state index is 12.7. The molecule has 4 nitrogen and oxygen atoms in total. The molecule has 2 amide bonds. The molecule has 4 aliphatic rings. The Kier molecular flexibility index (Phi) is 4.68. The van der Waals surface area contributed by atoms with Crippen LogP contribution in [0.15, 0.2) is 6.07 Å². The zero-order chi connectivity index (χ0) is 19.2. The fourth-order valence-electron chi connectivity index (χ4n) is 4.19. The molecule has 8 heteroatoms. The molecule has 5 rings (SSSR count). The Morgan fingerprint density at radius 3 is 2.74 bits per heavy atom. The lowest BCUT2D eigenvalue weighted by Crippen LogP contribution is -2.63. The van der Waals surface area contributed by atoms with Gasteiger partial charge in [0.25, 0.3) is 0 Å². The molecule has 0 radical (unpaired) electrons. The summed E-state index contributed by atoms with van der Waals surface area (Å²) in [6, 6.07) is 1.92. The predicted octanol–water partition coefficient (Wildman–Crippen LogP) is 1.69. The Balaban J connectivity index is 1.49. The zero-order valence-corrected chi connectivity index (χ0v) is 15.7. The van der Waals surface area contributed by atoms with E-state index in [1.54, 1.807) is 17.2 Å². The number of alkyl halides is 3. The lowest BCUT2D eigenvalue weighted by molar-refractivity contribution is -0.0696. The molecular weight excluding hydrogens is 375 g/mol. The van der Waals surface area contributed by atoms with Crippen LogP contribution in [0, 0.1) is 17.8 Å². The second-order valence-electron chi connectivity index (χ2n) is 7.25. The number of carbonyl (C=O) groups is 1. The van der Waals surface area contributed by atoms with Gasteiger partial charge in [-0.15, -0.1) is 11.3 Å². The SMILES string of the molecule is C[C@H]1[C@H](NC(=O)N2C=c3cc(C#CC(F)(F)F)sc3=CC2)C2CCN1CC2. The summed E-state index contributed by atoms with van der Waals surface area (Å²) in [5.74, 6) is 3.96. The molecule has 3 fully saturated rings. The predicted molar refractivity (Wildman–Crippen MR) is 98.2 cm³/mol. The maximum Gasteiger partial charge on any atom is 0.458 e. The van der Waals surface area contributed by atoms with Gasteiger partial charge in [0.2, 0.25) is 0 Å². The van der Waals surface area contributed by atoms with Gasteiger partial charge in [0, 0.05) is 40.5 Å². The molecule has 0 aromatic carbocycles. The molecule has 144 valence electrons. The van der Waals surface area contributed by atoms with Crippen LogP contribution >= 0.6 is 11.3 Å². The highest BCUT2D eigenvalue weighted by molar-refractivity contribution is 7.10. The molecule has 0 saturated carbocycles. The number of halogens is 3. The van der Waals surface area contributed by atoms with E-state index in [1.165, 1.54) is 17.3 Å². The number of piperidine rings is 3. The number of hydrogen-bond acceptors (Lipinski definition) is 3. The molecule has 1 aromatic rings. The normalized spacial score (nSPS) is 29.1. The van der Waals surface area contributed by atoms with E-state index in [1.807, 2.05) is 6.08 Å². The van der Waals surface area contributed by atoms with Crippen molar-refractivity contribution in [2.24, 2.45) is 5.92 Å². The summed E-state index contributed by atoms with van der Waals surface area (Å²) in [6.45, 7) is 4.76. The Bertz CT molecular complexity index is 917. The minimum Gasteiger partial charge on any atom is -0.333 e. The molecule has 3 saturated heterocycles. The van der Waals surface area contributed by atoms with Crippen LogP contribution < -0.4 is 15.1 Å². The van der Waals surface area contributed by atoms with E-state index in [-0.39, 0.29) is 12.1 Å². The van der Waals surface area contributed by atoms with Crippen molar-refractivity contribution in [3.05, 3.63) is 20.7 Å². The van der Waals surface area contributed by atoms with Crippen LogP contribution in [-0.4, -0.2) is 53.7 Å². The van der Waals surface area contributed by atoms with Crippen molar-refractivity contribution in [1.29, 1.82) is 0 Å². The van der Waals surface area contributed by atoms with Gasteiger partial charge in [-0.3, -0.25) is 9.80 Å². The quantitative estimate of drug-likeness (QED) is 0.735. The first-order valence-electron chi connectivity index (χ1n) is 9.03. The molecule has 27 heavy (non-hydrogen) atoms. The largest absolute Gasteiger partial charge is 0.458 e. The summed E-state index contributed by atoms with van der Waals surface area (Å²) in [6.07, 6.45) is 1.28. The van der Waals surface area contributed by atoms with Crippen LogP contribution in [0.4, 0.5) is 18.0 Å². The van der Waals surface area contributed by atoms with Crippen molar-refractivity contribution >= 4 is 29.6 Å². The van der Waals surface area contributed by atoms with Crippen molar-refractivity contribution in [2.45, 2.75) is 38.0 Å². The van der Waals surface area contributed by atoms with Gasteiger partial charge in [-0.25, -0.2) is 4.79 Å². The van der Waals surface area contributed by atoms with Gasteiger partial charge in [0.05, 0.1) is 4.88 Å². The van der Waals surface area contributed by atoms with Gasteiger partial charge in [-0.1, -0.05) is 0 Å². The van der Waals surface area contributed by atoms with E-state index in [9.17, 15) is 18.0 Å². The lowest BCUT2D eigenvalue weighted by atomic mass is 9.79. The Labute approximate surface area is 159 Å². The number of carbonyl (C=O) groups excluding carboxylic acids is 1. The van der Waals surface area contributed by atoms with Crippen LogP contribution in [0.1, 0.15) is 24.6 Å². The van der Waals surface area contributed by atoms with Crippen LogP contribution in [0.5, 0.6) is 0 Å². The summed E-state index contributed by atoms with van der Waals surface area (Å²) >= 11 is 1.21. The van der Waals surface area contributed by atoms with Gasteiger partial charge in [0.15, 0.2) is 0 Å². The van der Waals surface area contributed by atoms with Crippen molar-refractivity contribution < 1.29 is 18.0 Å². The Hall–Kier alpha value is -1.98. The highest BCUT2D eigenvalue weighted by Gasteiger charge is 2.40. The highest BCUT2D eigenvalue weighted by Crippen LogP contribution is 2.32. The number of nitrogens with zero attached hydrogens (tertiary/aromatic N) is 2. The van der Waals surface area contributed by atoms with Crippen molar-refractivity contribution in [3.63, 3.8) is 0 Å². The third kappa shape index (κ3) is 3.85. The molecule has 0 unspecified atom stereocenters. The molecule has 5 heterocycles. The fraction of sp³-hybridized carbons (Fsp3) is 0.526. The number of nitrogens with one attached hydrogen (secondary N) is 1. The summed E-state index contributed by atoms with van der Waals surface area (Å²) in [7, 11) is 0. The highest BCUT2D eigenvalue weighted by atomic mass is 32.1. The third-order valence-corrected chi connectivity index (χ3v) is 6.68. The van der Waals surface area contributed by atoms with E-state index < -0.39 is 6.18 Å². The molecule has 0 spiro atoms. The first-order valence-corrected chi connectivity index (χ1v) is 9.85. The van der Waals surface area contributed by atoms with Crippen molar-refractivity contribution in [3.8, 4) is 11.8 Å². The van der Waals surface area contributed by atoms with Crippen LogP contribution in [0.3, 0.4) is 0 Å². The topological polar surface area (TPSA) is 35.6 Å². The molecular formula is C19H20F3N3OS. The smallest absolute Gasteiger partial charge is 0.333 e. The van der Waals surface area contributed by atoms with E-state index >= 15 is 0 Å². The number of amides is 2. The monoisotopic (exact) mass is 395 g/mol. The van der Waals surface area contributed by atoms with Crippen LogP contribution in [0.2, 0.25) is 0 Å². The fourth-order valence-corrected chi connectivity index (χ4v) is 5.10. The van der Waals surface area contributed by atoms with Gasteiger partial charge in [-0.05, 0) is 56.8 Å². The number of hydrogen-bond donors (Lipinski definition) is 1. The van der Waals surface area contributed by atoms with E-state index in [0.717, 1.165) is 35.7 Å². The van der Waals surface area contributed by atoms with Crippen LogP contribution in [0.25, 0.3) is 12.3 Å².